The summed E-state index contributed by atoms with van der Waals surface area (Å²) in [5, 5.41) is 0. The molecule has 0 aromatic carbocycles. The second-order valence-electron chi connectivity index (χ2n) is 0.524. The molecule has 2 heteroatoms. The highest BCUT2D eigenvalue weighted by molar-refractivity contribution is 4.64. The van der Waals surface area contributed by atoms with Crippen molar-refractivity contribution in [2.24, 2.45) is 5.73 Å². The van der Waals surface area contributed by atoms with Crippen LogP contribution in [-0.2, 0) is 0 Å². The molecular formula is C4H10FN. The first kappa shape index (κ1) is 9.16. The van der Waals surface area contributed by atoms with E-state index in [0.29, 0.717) is 13.7 Å². The molecule has 0 saturated heterocycles. The first-order chi connectivity index (χ1) is 2.91. The summed E-state index contributed by atoms with van der Waals surface area (Å²) in [6.45, 7) is 3.94. The van der Waals surface area contributed by atoms with Gasteiger partial charge in [0.05, 0.1) is 7.18 Å². The van der Waals surface area contributed by atoms with E-state index in [1.165, 1.54) is 0 Å². The Morgan fingerprint density at radius 2 is 2.00 bits per heavy atom. The third-order valence-electron chi connectivity index (χ3n) is 0.167. The highest BCUT2D eigenvalue weighted by atomic mass is 19.1. The van der Waals surface area contributed by atoms with Gasteiger partial charge in [0, 0.05) is 6.54 Å². The lowest BCUT2D eigenvalue weighted by Gasteiger charge is -1.61. The van der Waals surface area contributed by atoms with Gasteiger partial charge in [-0.2, -0.15) is 0 Å². The highest BCUT2D eigenvalue weighted by Gasteiger charge is 1.43. The molecule has 0 amide bonds. The van der Waals surface area contributed by atoms with Crippen LogP contribution in [0.4, 0.5) is 4.39 Å². The van der Waals surface area contributed by atoms with Gasteiger partial charge in [0.2, 0.25) is 0 Å². The molecule has 0 radical (unpaired) electrons. The van der Waals surface area contributed by atoms with Gasteiger partial charge in [-0.3, -0.25) is 4.39 Å². The minimum absolute atomic E-state index is 0.500. The maximum atomic E-state index is 9.50. The van der Waals surface area contributed by atoms with Gasteiger partial charge in [-0.25, -0.2) is 0 Å². The summed E-state index contributed by atoms with van der Waals surface area (Å²) in [4.78, 5) is 0. The summed E-state index contributed by atoms with van der Waals surface area (Å²) < 4.78 is 9.50. The van der Waals surface area contributed by atoms with E-state index in [4.69, 9.17) is 5.73 Å². The lowest BCUT2D eigenvalue weighted by molar-refractivity contribution is 0.636. The molecule has 0 fully saturated rings. The maximum Gasteiger partial charge on any atom is 0.0785 e. The first-order valence-electron chi connectivity index (χ1n) is 1.60. The zero-order chi connectivity index (χ0) is 5.41. The highest BCUT2D eigenvalue weighted by Crippen LogP contribution is 1.40. The van der Waals surface area contributed by atoms with E-state index < -0.39 is 0 Å². The molecule has 0 aromatic rings. The van der Waals surface area contributed by atoms with E-state index >= 15 is 0 Å². The van der Waals surface area contributed by atoms with Gasteiger partial charge in [0.1, 0.15) is 0 Å². The molecule has 1 nitrogen and oxygen atoms in total. The molecule has 0 aliphatic carbocycles. The number of nitrogens with two attached hydrogens (primary N) is 1. The third-order valence-corrected chi connectivity index (χ3v) is 0.167. The van der Waals surface area contributed by atoms with Crippen LogP contribution in [0.2, 0.25) is 0 Å². The van der Waals surface area contributed by atoms with Crippen molar-refractivity contribution in [3.63, 3.8) is 0 Å². The Balaban J connectivity index is 0. The second kappa shape index (κ2) is 23.0. The van der Waals surface area contributed by atoms with E-state index in [9.17, 15) is 4.39 Å². The largest absolute Gasteiger partial charge is 0.327 e. The van der Waals surface area contributed by atoms with Crippen molar-refractivity contribution >= 4 is 0 Å². The fourth-order valence-electron chi connectivity index (χ4n) is 0. The van der Waals surface area contributed by atoms with Gasteiger partial charge in [0.25, 0.3) is 0 Å². The van der Waals surface area contributed by atoms with Gasteiger partial charge in [0.15, 0.2) is 0 Å². The van der Waals surface area contributed by atoms with E-state index in [-0.39, 0.29) is 0 Å². The van der Waals surface area contributed by atoms with Crippen LogP contribution in [0.15, 0.2) is 12.7 Å². The van der Waals surface area contributed by atoms with E-state index in [2.05, 4.69) is 6.58 Å². The molecule has 6 heavy (non-hydrogen) atoms. The van der Waals surface area contributed by atoms with Crippen LogP contribution < -0.4 is 5.73 Å². The first-order valence-corrected chi connectivity index (χ1v) is 1.60. The van der Waals surface area contributed by atoms with E-state index in [0.717, 1.165) is 0 Å². The normalized spacial score (nSPS) is 5.17. The smallest absolute Gasteiger partial charge is 0.0785 e. The van der Waals surface area contributed by atoms with Crippen LogP contribution in [0.3, 0.4) is 0 Å². The maximum absolute atomic E-state index is 9.50. The molecule has 0 aliphatic rings. The van der Waals surface area contributed by atoms with E-state index in [1.54, 1.807) is 6.08 Å². The Hall–Kier alpha value is -0.370. The van der Waals surface area contributed by atoms with Crippen LogP contribution in [0.25, 0.3) is 0 Å². The third kappa shape index (κ3) is 63.3. The minimum atomic E-state index is 0.500. The number of rotatable bonds is 1. The summed E-state index contributed by atoms with van der Waals surface area (Å²) in [5.41, 5.74) is 4.91. The Labute approximate surface area is 37.7 Å². The monoisotopic (exact) mass is 91.1 g/mol. The average molecular weight is 91.1 g/mol. The molecule has 0 aliphatic heterocycles. The Bertz CT molecular complexity index is 21.5. The number of alkyl halides is 1. The predicted octanol–water partition coefficient (Wildman–Crippen LogP) is 0.717. The van der Waals surface area contributed by atoms with Crippen LogP contribution in [0.1, 0.15) is 0 Å². The van der Waals surface area contributed by atoms with Crippen LogP contribution in [0, 0.1) is 0 Å². The van der Waals surface area contributed by atoms with Crippen molar-refractivity contribution < 1.29 is 4.39 Å². The van der Waals surface area contributed by atoms with Gasteiger partial charge in [-0.1, -0.05) is 6.08 Å². The Morgan fingerprint density at radius 1 is 1.83 bits per heavy atom. The van der Waals surface area contributed by atoms with Gasteiger partial charge in [-0.15, -0.1) is 6.58 Å². The molecular weight excluding hydrogens is 81.0 g/mol. The Morgan fingerprint density at radius 3 is 2.00 bits per heavy atom. The fraction of sp³-hybridized carbons (Fsp3) is 0.500. The zero-order valence-electron chi connectivity index (χ0n) is 3.95. The van der Waals surface area contributed by atoms with Crippen molar-refractivity contribution in [2.75, 3.05) is 13.7 Å². The number of hydrogen-bond donors (Lipinski definition) is 1. The number of hydrogen-bond acceptors (Lipinski definition) is 1. The lowest BCUT2D eigenvalue weighted by Crippen LogP contribution is -1.90. The van der Waals surface area contributed by atoms with Crippen molar-refractivity contribution in [1.82, 2.24) is 0 Å². The van der Waals surface area contributed by atoms with Gasteiger partial charge >= 0.3 is 0 Å². The molecule has 0 saturated carbocycles. The molecule has 0 rings (SSSR count). The van der Waals surface area contributed by atoms with Crippen molar-refractivity contribution in [2.45, 2.75) is 0 Å². The SMILES string of the molecule is C=CCN.CF. The summed E-state index contributed by atoms with van der Waals surface area (Å²) in [7, 11) is 0.500. The molecule has 0 bridgehead atoms. The summed E-state index contributed by atoms with van der Waals surface area (Å²) >= 11 is 0. The standard InChI is InChI=1S/C3H7N.CH3F/c1-2-3-4;1-2/h2H,1,3-4H2;1H3. The summed E-state index contributed by atoms with van der Waals surface area (Å²) in [6, 6.07) is 0. The molecule has 38 valence electrons. The van der Waals surface area contributed by atoms with Crippen molar-refractivity contribution in [3.8, 4) is 0 Å². The van der Waals surface area contributed by atoms with Crippen LogP contribution in [-0.4, -0.2) is 13.7 Å². The predicted molar refractivity (Wildman–Crippen MR) is 26.3 cm³/mol. The van der Waals surface area contributed by atoms with Gasteiger partial charge < -0.3 is 5.73 Å². The summed E-state index contributed by atoms with van der Waals surface area (Å²) in [6.07, 6.45) is 1.65. The van der Waals surface area contributed by atoms with Crippen molar-refractivity contribution in [1.29, 1.82) is 0 Å². The number of halogens is 1. The van der Waals surface area contributed by atoms with Crippen molar-refractivity contribution in [3.05, 3.63) is 12.7 Å². The second-order valence-corrected chi connectivity index (χ2v) is 0.524. The molecule has 2 N–H and O–H groups in total. The molecule has 0 unspecified atom stereocenters. The molecule has 0 aromatic heterocycles. The summed E-state index contributed by atoms with van der Waals surface area (Å²) in [5.74, 6) is 0. The molecule has 0 spiro atoms. The average Bonchev–Trinajstić information content (AvgIpc) is 1.72. The van der Waals surface area contributed by atoms with E-state index in [1.807, 2.05) is 0 Å². The fourth-order valence-corrected chi connectivity index (χ4v) is 0. The van der Waals surface area contributed by atoms with Crippen LogP contribution >= 0.6 is 0 Å². The lowest BCUT2D eigenvalue weighted by atomic mass is 10.7. The van der Waals surface area contributed by atoms with Gasteiger partial charge in [-0.05, 0) is 0 Å². The minimum Gasteiger partial charge on any atom is -0.327 e. The molecule has 0 heterocycles. The van der Waals surface area contributed by atoms with Crippen LogP contribution in [0.5, 0.6) is 0 Å². The Kier molecular flexibility index (Phi) is 35.1. The molecule has 0 atom stereocenters. The quantitative estimate of drug-likeness (QED) is 0.473. The zero-order valence-corrected chi connectivity index (χ0v) is 3.95. The topological polar surface area (TPSA) is 26.0 Å².